The van der Waals surface area contributed by atoms with Gasteiger partial charge in [0.05, 0.1) is 27.7 Å². The van der Waals surface area contributed by atoms with E-state index in [1.54, 1.807) is 22.9 Å². The van der Waals surface area contributed by atoms with Gasteiger partial charge in [-0.05, 0) is 38.0 Å². The van der Waals surface area contributed by atoms with Gasteiger partial charge in [-0.1, -0.05) is 17.7 Å². The number of carboxylic acid groups (broad SMARTS) is 1. The van der Waals surface area contributed by atoms with Crippen LogP contribution in [0.3, 0.4) is 0 Å². The number of carboxylic acids is 1. The van der Waals surface area contributed by atoms with Gasteiger partial charge in [0, 0.05) is 5.92 Å². The molecule has 0 aliphatic heterocycles. The lowest BCUT2D eigenvalue weighted by molar-refractivity contribution is 0.0697. The minimum absolute atomic E-state index is 0.253. The Morgan fingerprint density at radius 2 is 2.21 bits per heavy atom. The van der Waals surface area contributed by atoms with Crippen LogP contribution in [0.2, 0.25) is 5.02 Å². The fourth-order valence-corrected chi connectivity index (χ4v) is 2.47. The van der Waals surface area contributed by atoms with Gasteiger partial charge in [0.1, 0.15) is 0 Å². The van der Waals surface area contributed by atoms with Crippen LogP contribution in [-0.2, 0) is 0 Å². The number of benzene rings is 1. The van der Waals surface area contributed by atoms with Crippen LogP contribution >= 0.6 is 11.6 Å². The van der Waals surface area contributed by atoms with Crippen LogP contribution in [0.1, 0.15) is 40.5 Å². The van der Waals surface area contributed by atoms with Crippen molar-refractivity contribution in [3.63, 3.8) is 0 Å². The summed E-state index contributed by atoms with van der Waals surface area (Å²) in [6.07, 6.45) is 2.23. The second-order valence-electron chi connectivity index (χ2n) is 4.83. The maximum absolute atomic E-state index is 11.0. The van der Waals surface area contributed by atoms with Crippen molar-refractivity contribution in [2.45, 2.75) is 25.7 Å². The summed E-state index contributed by atoms with van der Waals surface area (Å²) in [4.78, 5) is 11.0. The molecule has 5 heteroatoms. The highest BCUT2D eigenvalue weighted by Crippen LogP contribution is 2.44. The highest BCUT2D eigenvalue weighted by Gasteiger charge is 2.31. The molecular formula is C14H13ClN2O2. The number of rotatable bonds is 3. The van der Waals surface area contributed by atoms with Crippen LogP contribution in [0.15, 0.2) is 24.3 Å². The topological polar surface area (TPSA) is 55.1 Å². The van der Waals surface area contributed by atoms with E-state index in [-0.39, 0.29) is 5.56 Å². The van der Waals surface area contributed by atoms with E-state index in [9.17, 15) is 4.79 Å². The number of hydrogen-bond donors (Lipinski definition) is 1. The third-order valence-corrected chi connectivity index (χ3v) is 3.79. The zero-order valence-corrected chi connectivity index (χ0v) is 11.2. The SMILES string of the molecule is Cc1nn(-c2cccc(C(=O)O)c2)c(C2CC2)c1Cl. The summed E-state index contributed by atoms with van der Waals surface area (Å²) in [5.41, 5.74) is 2.78. The number of aromatic carboxylic acids is 1. The van der Waals surface area contributed by atoms with E-state index < -0.39 is 5.97 Å². The first-order valence-corrected chi connectivity index (χ1v) is 6.54. The molecule has 3 rings (SSSR count). The lowest BCUT2D eigenvalue weighted by Crippen LogP contribution is -2.04. The third-order valence-electron chi connectivity index (χ3n) is 3.32. The molecule has 2 aromatic rings. The van der Waals surface area contributed by atoms with Gasteiger partial charge in [-0.3, -0.25) is 0 Å². The molecule has 1 aromatic carbocycles. The van der Waals surface area contributed by atoms with Crippen LogP contribution in [0.5, 0.6) is 0 Å². The smallest absolute Gasteiger partial charge is 0.335 e. The molecule has 1 saturated carbocycles. The number of halogens is 1. The fraction of sp³-hybridized carbons (Fsp3) is 0.286. The summed E-state index contributed by atoms with van der Waals surface area (Å²) in [6, 6.07) is 6.76. The highest BCUT2D eigenvalue weighted by atomic mass is 35.5. The maximum atomic E-state index is 11.0. The van der Waals surface area contributed by atoms with E-state index in [1.807, 2.05) is 13.0 Å². The Balaban J connectivity index is 2.14. The number of aromatic nitrogens is 2. The molecule has 0 spiro atoms. The number of aryl methyl sites for hydroxylation is 1. The lowest BCUT2D eigenvalue weighted by Gasteiger charge is -2.07. The van der Waals surface area contributed by atoms with Crippen molar-refractivity contribution in [2.75, 3.05) is 0 Å². The summed E-state index contributed by atoms with van der Waals surface area (Å²) in [5, 5.41) is 14.2. The molecule has 1 aromatic heterocycles. The van der Waals surface area contributed by atoms with Crippen LogP contribution in [0.25, 0.3) is 5.69 Å². The molecule has 0 radical (unpaired) electrons. The largest absolute Gasteiger partial charge is 0.478 e. The van der Waals surface area contributed by atoms with Crippen molar-refractivity contribution in [1.29, 1.82) is 0 Å². The van der Waals surface area contributed by atoms with Gasteiger partial charge in [0.25, 0.3) is 0 Å². The van der Waals surface area contributed by atoms with E-state index in [0.29, 0.717) is 10.9 Å². The van der Waals surface area contributed by atoms with Crippen LogP contribution < -0.4 is 0 Å². The average Bonchev–Trinajstić information content (AvgIpc) is 3.18. The third kappa shape index (κ3) is 2.12. The Kier molecular flexibility index (Phi) is 2.82. The Labute approximate surface area is 115 Å². The molecule has 1 fully saturated rings. The second kappa shape index (κ2) is 4.38. The minimum atomic E-state index is -0.940. The van der Waals surface area contributed by atoms with E-state index in [0.717, 1.165) is 29.9 Å². The summed E-state index contributed by atoms with van der Waals surface area (Å²) < 4.78 is 1.78. The Morgan fingerprint density at radius 3 is 2.84 bits per heavy atom. The number of carbonyl (C=O) groups is 1. The maximum Gasteiger partial charge on any atom is 0.335 e. The molecule has 1 N–H and O–H groups in total. The average molecular weight is 277 g/mol. The normalized spacial score (nSPS) is 14.6. The molecular weight excluding hydrogens is 264 g/mol. The molecule has 0 amide bonds. The monoisotopic (exact) mass is 276 g/mol. The zero-order valence-electron chi connectivity index (χ0n) is 10.4. The first-order chi connectivity index (χ1) is 9.08. The molecule has 1 aliphatic rings. The molecule has 1 heterocycles. The van der Waals surface area contributed by atoms with Gasteiger partial charge in [0.2, 0.25) is 0 Å². The highest BCUT2D eigenvalue weighted by molar-refractivity contribution is 6.32. The Bertz CT molecular complexity index is 659. The van der Waals surface area contributed by atoms with Crippen molar-refractivity contribution in [2.24, 2.45) is 0 Å². The Morgan fingerprint density at radius 1 is 1.47 bits per heavy atom. The van der Waals surface area contributed by atoms with Gasteiger partial charge < -0.3 is 5.11 Å². The van der Waals surface area contributed by atoms with Gasteiger partial charge in [-0.15, -0.1) is 0 Å². The van der Waals surface area contributed by atoms with Crippen LogP contribution in [0, 0.1) is 6.92 Å². The molecule has 1 aliphatic carbocycles. The zero-order chi connectivity index (χ0) is 13.6. The summed E-state index contributed by atoms with van der Waals surface area (Å²) >= 11 is 6.30. The van der Waals surface area contributed by atoms with Gasteiger partial charge in [-0.25, -0.2) is 9.48 Å². The van der Waals surface area contributed by atoms with Gasteiger partial charge in [-0.2, -0.15) is 5.10 Å². The van der Waals surface area contributed by atoms with Gasteiger partial charge in [0.15, 0.2) is 0 Å². The fourth-order valence-electron chi connectivity index (χ4n) is 2.20. The number of nitrogens with zero attached hydrogens (tertiary/aromatic N) is 2. The molecule has 98 valence electrons. The number of hydrogen-bond acceptors (Lipinski definition) is 2. The van der Waals surface area contributed by atoms with Crippen molar-refractivity contribution in [3.8, 4) is 5.69 Å². The van der Waals surface area contributed by atoms with Crippen molar-refractivity contribution in [1.82, 2.24) is 9.78 Å². The van der Waals surface area contributed by atoms with Crippen molar-refractivity contribution in [3.05, 3.63) is 46.2 Å². The molecule has 0 bridgehead atoms. The summed E-state index contributed by atoms with van der Waals surface area (Å²) in [7, 11) is 0. The molecule has 19 heavy (non-hydrogen) atoms. The predicted octanol–water partition coefficient (Wildman–Crippen LogP) is 3.41. The van der Waals surface area contributed by atoms with E-state index in [1.165, 1.54) is 0 Å². The Hall–Kier alpha value is -1.81. The summed E-state index contributed by atoms with van der Waals surface area (Å²) in [6.45, 7) is 1.87. The standard InChI is InChI=1S/C14H13ClN2O2/c1-8-12(15)13(9-5-6-9)17(16-8)11-4-2-3-10(7-11)14(18)19/h2-4,7,9H,5-6H2,1H3,(H,18,19). The summed E-state index contributed by atoms with van der Waals surface area (Å²) in [5.74, 6) is -0.494. The van der Waals surface area contributed by atoms with E-state index >= 15 is 0 Å². The van der Waals surface area contributed by atoms with E-state index in [2.05, 4.69) is 5.10 Å². The van der Waals surface area contributed by atoms with Crippen LogP contribution in [-0.4, -0.2) is 20.9 Å². The molecule has 0 saturated heterocycles. The quantitative estimate of drug-likeness (QED) is 0.935. The molecule has 0 atom stereocenters. The minimum Gasteiger partial charge on any atom is -0.478 e. The van der Waals surface area contributed by atoms with Crippen molar-refractivity contribution < 1.29 is 9.90 Å². The van der Waals surface area contributed by atoms with Gasteiger partial charge >= 0.3 is 5.97 Å². The van der Waals surface area contributed by atoms with Crippen molar-refractivity contribution >= 4 is 17.6 Å². The van der Waals surface area contributed by atoms with Crippen LogP contribution in [0.4, 0.5) is 0 Å². The predicted molar refractivity (Wildman–Crippen MR) is 72.2 cm³/mol. The molecule has 4 nitrogen and oxygen atoms in total. The lowest BCUT2D eigenvalue weighted by atomic mass is 10.2. The second-order valence-corrected chi connectivity index (χ2v) is 5.20. The first-order valence-electron chi connectivity index (χ1n) is 6.16. The first kappa shape index (κ1) is 12.2. The molecule has 0 unspecified atom stereocenters. The van der Waals surface area contributed by atoms with E-state index in [4.69, 9.17) is 16.7 Å².